The monoisotopic (exact) mass is 419 g/mol. The van der Waals surface area contributed by atoms with Gasteiger partial charge < -0.3 is 10.6 Å². The first kappa shape index (κ1) is 20.8. The second-order valence-electron chi connectivity index (χ2n) is 6.99. The van der Waals surface area contributed by atoms with Crippen molar-refractivity contribution in [3.8, 4) is 0 Å². The first-order chi connectivity index (χ1) is 13.7. The zero-order valence-electron chi connectivity index (χ0n) is 15.7. The number of hydrogen-bond acceptors (Lipinski definition) is 4. The molecule has 1 fully saturated rings. The number of halogens is 1. The molecule has 3 rings (SSSR count). The number of nitrogens with zero attached hydrogens (tertiary/aromatic N) is 1. The Morgan fingerprint density at radius 3 is 2.17 bits per heavy atom. The smallest absolute Gasteiger partial charge is 0.261 e. The van der Waals surface area contributed by atoms with Gasteiger partial charge in [-0.25, -0.2) is 12.8 Å². The molecule has 154 valence electrons. The molecule has 7 nitrogen and oxygen atoms in total. The summed E-state index contributed by atoms with van der Waals surface area (Å²) >= 11 is 0. The van der Waals surface area contributed by atoms with Gasteiger partial charge in [-0.05, 0) is 54.8 Å². The summed E-state index contributed by atoms with van der Waals surface area (Å²) in [7, 11) is -3.83. The number of likely N-dealkylation sites (tertiary alicyclic amines) is 1. The highest BCUT2D eigenvalue weighted by Gasteiger charge is 2.25. The molecule has 0 atom stereocenters. The van der Waals surface area contributed by atoms with Crippen LogP contribution >= 0.6 is 0 Å². The van der Waals surface area contributed by atoms with Gasteiger partial charge in [0.15, 0.2) is 0 Å². The van der Waals surface area contributed by atoms with E-state index in [-0.39, 0.29) is 29.0 Å². The van der Waals surface area contributed by atoms with Crippen LogP contribution in [-0.4, -0.2) is 38.2 Å². The molecule has 1 aliphatic heterocycles. The van der Waals surface area contributed by atoms with Crippen LogP contribution in [0.3, 0.4) is 0 Å². The average molecular weight is 419 g/mol. The molecule has 1 aliphatic rings. The molecular weight excluding hydrogens is 397 g/mol. The third kappa shape index (κ3) is 5.32. The maximum absolute atomic E-state index is 13.0. The van der Waals surface area contributed by atoms with Crippen LogP contribution in [0.4, 0.5) is 10.1 Å². The fourth-order valence-electron chi connectivity index (χ4n) is 3.22. The molecule has 0 spiro atoms. The summed E-state index contributed by atoms with van der Waals surface area (Å²) in [5.74, 6) is -1.06. The molecule has 2 amide bonds. The Bertz CT molecular complexity index is 983. The van der Waals surface area contributed by atoms with Crippen molar-refractivity contribution in [3.63, 3.8) is 0 Å². The maximum atomic E-state index is 13.0. The minimum Gasteiger partial charge on any atom is -0.369 e. The molecule has 2 aromatic carbocycles. The zero-order chi connectivity index (χ0) is 21.0. The molecule has 0 saturated carbocycles. The van der Waals surface area contributed by atoms with Crippen LogP contribution < -0.4 is 10.5 Å². The van der Waals surface area contributed by atoms with Crippen molar-refractivity contribution < 1.29 is 22.4 Å². The topological polar surface area (TPSA) is 110 Å². The van der Waals surface area contributed by atoms with Crippen LogP contribution in [0.1, 0.15) is 18.4 Å². The van der Waals surface area contributed by atoms with Crippen molar-refractivity contribution in [1.82, 2.24) is 4.90 Å². The van der Waals surface area contributed by atoms with Gasteiger partial charge in [-0.15, -0.1) is 0 Å². The summed E-state index contributed by atoms with van der Waals surface area (Å²) in [4.78, 5) is 25.3. The average Bonchev–Trinajstić information content (AvgIpc) is 2.69. The highest BCUT2D eigenvalue weighted by Crippen LogP contribution is 2.20. The summed E-state index contributed by atoms with van der Waals surface area (Å²) in [5, 5.41) is 0. The summed E-state index contributed by atoms with van der Waals surface area (Å²) in [6.07, 6.45) is 1.34. The second kappa shape index (κ2) is 8.60. The van der Waals surface area contributed by atoms with Crippen molar-refractivity contribution in [2.75, 3.05) is 17.8 Å². The van der Waals surface area contributed by atoms with E-state index in [1.807, 2.05) is 0 Å². The lowest BCUT2D eigenvalue weighted by Gasteiger charge is -2.30. The Morgan fingerprint density at radius 2 is 1.62 bits per heavy atom. The SMILES string of the molecule is NC(=O)C1CCN(C(=O)Cc2ccc(NS(=O)(=O)c3ccc(F)cc3)cc2)CC1. The number of sulfonamides is 1. The number of rotatable bonds is 6. The molecule has 0 radical (unpaired) electrons. The normalized spacial score (nSPS) is 15.1. The third-order valence-corrected chi connectivity index (χ3v) is 6.33. The number of amides is 2. The first-order valence-electron chi connectivity index (χ1n) is 9.19. The number of nitrogens with one attached hydrogen (secondary N) is 1. The van der Waals surface area contributed by atoms with Gasteiger partial charge >= 0.3 is 0 Å². The highest BCUT2D eigenvalue weighted by molar-refractivity contribution is 7.92. The van der Waals surface area contributed by atoms with Crippen molar-refractivity contribution in [3.05, 3.63) is 59.9 Å². The van der Waals surface area contributed by atoms with E-state index < -0.39 is 15.8 Å². The molecule has 0 bridgehead atoms. The fraction of sp³-hybridized carbons (Fsp3) is 0.300. The predicted octanol–water partition coefficient (Wildman–Crippen LogP) is 1.89. The van der Waals surface area contributed by atoms with Crippen LogP contribution in [0.5, 0.6) is 0 Å². The van der Waals surface area contributed by atoms with Crippen molar-refractivity contribution >= 4 is 27.5 Å². The van der Waals surface area contributed by atoms with E-state index in [0.717, 1.165) is 17.7 Å². The Balaban J connectivity index is 1.58. The molecule has 2 aromatic rings. The van der Waals surface area contributed by atoms with Crippen molar-refractivity contribution in [1.29, 1.82) is 0 Å². The number of carbonyl (C=O) groups excluding carboxylic acids is 2. The Labute approximate surface area is 168 Å². The lowest BCUT2D eigenvalue weighted by atomic mass is 9.96. The molecule has 0 unspecified atom stereocenters. The largest absolute Gasteiger partial charge is 0.369 e. The first-order valence-corrected chi connectivity index (χ1v) is 10.7. The van der Waals surface area contributed by atoms with E-state index in [4.69, 9.17) is 5.73 Å². The van der Waals surface area contributed by atoms with Crippen LogP contribution in [-0.2, 0) is 26.0 Å². The summed E-state index contributed by atoms with van der Waals surface area (Å²) in [6, 6.07) is 11.0. The lowest BCUT2D eigenvalue weighted by Crippen LogP contribution is -2.42. The number of primary amides is 1. The molecular formula is C20H22FN3O4S. The molecule has 0 aromatic heterocycles. The Hall–Kier alpha value is -2.94. The van der Waals surface area contributed by atoms with Gasteiger partial charge in [0.25, 0.3) is 10.0 Å². The lowest BCUT2D eigenvalue weighted by molar-refractivity contribution is -0.134. The number of carbonyl (C=O) groups is 2. The molecule has 0 aliphatic carbocycles. The molecule has 3 N–H and O–H groups in total. The predicted molar refractivity (Wildman–Crippen MR) is 106 cm³/mol. The van der Waals surface area contributed by atoms with E-state index in [1.54, 1.807) is 29.2 Å². The van der Waals surface area contributed by atoms with E-state index in [1.165, 1.54) is 12.1 Å². The van der Waals surface area contributed by atoms with Crippen molar-refractivity contribution in [2.24, 2.45) is 11.7 Å². The van der Waals surface area contributed by atoms with E-state index >= 15 is 0 Å². The molecule has 29 heavy (non-hydrogen) atoms. The molecule has 9 heteroatoms. The number of piperidine rings is 1. The number of hydrogen-bond donors (Lipinski definition) is 2. The van der Waals surface area contributed by atoms with E-state index in [2.05, 4.69) is 4.72 Å². The summed E-state index contributed by atoms with van der Waals surface area (Å²) in [5.41, 5.74) is 6.39. The minimum absolute atomic E-state index is 0.0440. The molecule has 1 saturated heterocycles. The maximum Gasteiger partial charge on any atom is 0.261 e. The summed E-state index contributed by atoms with van der Waals surface area (Å²) < 4.78 is 40.1. The minimum atomic E-state index is -3.83. The fourth-order valence-corrected chi connectivity index (χ4v) is 4.28. The van der Waals surface area contributed by atoms with Crippen LogP contribution in [0.2, 0.25) is 0 Å². The van der Waals surface area contributed by atoms with E-state index in [0.29, 0.717) is 31.6 Å². The second-order valence-corrected chi connectivity index (χ2v) is 8.67. The number of benzene rings is 2. The highest BCUT2D eigenvalue weighted by atomic mass is 32.2. The zero-order valence-corrected chi connectivity index (χ0v) is 16.5. The van der Waals surface area contributed by atoms with Gasteiger partial charge in [0, 0.05) is 24.7 Å². The van der Waals surface area contributed by atoms with Gasteiger partial charge in [-0.1, -0.05) is 12.1 Å². The van der Waals surface area contributed by atoms with Gasteiger partial charge in [0.2, 0.25) is 11.8 Å². The number of anilines is 1. The third-order valence-electron chi connectivity index (χ3n) is 4.94. The van der Waals surface area contributed by atoms with Gasteiger partial charge in [-0.2, -0.15) is 0 Å². The van der Waals surface area contributed by atoms with E-state index in [9.17, 15) is 22.4 Å². The van der Waals surface area contributed by atoms with Gasteiger partial charge in [0.1, 0.15) is 5.82 Å². The quantitative estimate of drug-likeness (QED) is 0.745. The Kier molecular flexibility index (Phi) is 6.17. The van der Waals surface area contributed by atoms with Gasteiger partial charge in [-0.3, -0.25) is 14.3 Å². The summed E-state index contributed by atoms with van der Waals surface area (Å²) in [6.45, 7) is 1.00. The Morgan fingerprint density at radius 1 is 1.03 bits per heavy atom. The van der Waals surface area contributed by atoms with Crippen LogP contribution in [0.15, 0.2) is 53.4 Å². The van der Waals surface area contributed by atoms with Crippen molar-refractivity contribution in [2.45, 2.75) is 24.2 Å². The van der Waals surface area contributed by atoms with Gasteiger partial charge in [0.05, 0.1) is 11.3 Å². The molecule has 1 heterocycles. The standard InChI is InChI=1S/C20H22FN3O4S/c21-16-3-7-18(8-4-16)29(27,28)23-17-5-1-14(2-6-17)13-19(25)24-11-9-15(10-12-24)20(22)26/h1-8,15,23H,9-13H2,(H2,22,26). The number of nitrogens with two attached hydrogens (primary N) is 1. The van der Waals surface area contributed by atoms with Crippen LogP contribution in [0.25, 0.3) is 0 Å². The van der Waals surface area contributed by atoms with Crippen LogP contribution in [0, 0.1) is 11.7 Å².